The van der Waals surface area contributed by atoms with E-state index in [4.69, 9.17) is 4.74 Å². The van der Waals surface area contributed by atoms with Crippen LogP contribution in [0.2, 0.25) is 0 Å². The van der Waals surface area contributed by atoms with Crippen molar-refractivity contribution in [2.24, 2.45) is 0 Å². The molecule has 0 aliphatic rings. The number of tetrazole rings is 1. The Kier molecular flexibility index (Phi) is 3.03. The van der Waals surface area contributed by atoms with E-state index in [0.717, 1.165) is 13.1 Å². The minimum absolute atomic E-state index is 0.551. The molecule has 0 bridgehead atoms. The molecule has 0 unspecified atom stereocenters. The number of rotatable bonds is 5. The van der Waals surface area contributed by atoms with Gasteiger partial charge in [0.2, 0.25) is 11.5 Å². The van der Waals surface area contributed by atoms with E-state index < -0.39 is 0 Å². The summed E-state index contributed by atoms with van der Waals surface area (Å²) in [5.74, 6) is 0.551. The highest BCUT2D eigenvalue weighted by molar-refractivity contribution is 5.33. The predicted octanol–water partition coefficient (Wildman–Crippen LogP) is -0.492. The van der Waals surface area contributed by atoms with E-state index >= 15 is 0 Å². The maximum Gasteiger partial charge on any atom is 0.237 e. The van der Waals surface area contributed by atoms with Gasteiger partial charge in [-0.05, 0) is 17.0 Å². The van der Waals surface area contributed by atoms with Gasteiger partial charge in [0.05, 0.1) is 12.4 Å². The van der Waals surface area contributed by atoms with Gasteiger partial charge >= 0.3 is 0 Å². The zero-order valence-corrected chi connectivity index (χ0v) is 8.42. The van der Waals surface area contributed by atoms with Crippen LogP contribution in [0.15, 0.2) is 12.4 Å². The molecule has 0 amide bonds. The van der Waals surface area contributed by atoms with Crippen LogP contribution in [0.5, 0.6) is 5.88 Å². The standard InChI is InChI=1S/C8H12N6O/c1-2-9-3-4-15-8-6-10-5-7-11-12-13-14(7)8/h5-6,9H,2-4H2,1H3. The van der Waals surface area contributed by atoms with Gasteiger partial charge in [0.25, 0.3) is 0 Å². The number of likely N-dealkylation sites (N-methyl/N-ethyl adjacent to an activating group) is 1. The lowest BCUT2D eigenvalue weighted by molar-refractivity contribution is 0.294. The lowest BCUT2D eigenvalue weighted by Crippen LogP contribution is -2.21. The Hall–Kier alpha value is -1.76. The van der Waals surface area contributed by atoms with Crippen molar-refractivity contribution in [2.45, 2.75) is 6.92 Å². The fourth-order valence-electron chi connectivity index (χ4n) is 1.16. The number of hydrogen-bond donors (Lipinski definition) is 1. The fourth-order valence-corrected chi connectivity index (χ4v) is 1.16. The minimum Gasteiger partial charge on any atom is -0.475 e. The van der Waals surface area contributed by atoms with Crippen molar-refractivity contribution in [3.8, 4) is 5.88 Å². The maximum atomic E-state index is 5.48. The lowest BCUT2D eigenvalue weighted by atomic mass is 10.6. The van der Waals surface area contributed by atoms with Crippen LogP contribution in [-0.4, -0.2) is 44.7 Å². The first-order valence-corrected chi connectivity index (χ1v) is 4.77. The molecule has 0 aromatic carbocycles. The lowest BCUT2D eigenvalue weighted by Gasteiger charge is -2.05. The normalized spacial score (nSPS) is 10.7. The van der Waals surface area contributed by atoms with Crippen molar-refractivity contribution in [2.75, 3.05) is 19.7 Å². The van der Waals surface area contributed by atoms with Gasteiger partial charge in [-0.25, -0.2) is 0 Å². The van der Waals surface area contributed by atoms with E-state index in [1.54, 1.807) is 12.4 Å². The molecule has 7 nitrogen and oxygen atoms in total. The smallest absolute Gasteiger partial charge is 0.237 e. The van der Waals surface area contributed by atoms with E-state index in [1.807, 2.05) is 6.92 Å². The molecular formula is C8H12N6O. The van der Waals surface area contributed by atoms with Crippen molar-refractivity contribution in [1.29, 1.82) is 0 Å². The third-order valence-electron chi connectivity index (χ3n) is 1.86. The van der Waals surface area contributed by atoms with Crippen LogP contribution >= 0.6 is 0 Å². The molecule has 0 atom stereocenters. The molecule has 0 saturated carbocycles. The number of ether oxygens (including phenoxy) is 1. The summed E-state index contributed by atoms with van der Waals surface area (Å²) in [6.07, 6.45) is 3.17. The minimum atomic E-state index is 0.551. The zero-order valence-electron chi connectivity index (χ0n) is 8.42. The second-order valence-corrected chi connectivity index (χ2v) is 2.90. The van der Waals surface area contributed by atoms with Crippen molar-refractivity contribution in [3.05, 3.63) is 12.4 Å². The van der Waals surface area contributed by atoms with Gasteiger partial charge in [-0.2, -0.15) is 4.52 Å². The van der Waals surface area contributed by atoms with Crippen LogP contribution in [0.3, 0.4) is 0 Å². The summed E-state index contributed by atoms with van der Waals surface area (Å²) in [5.41, 5.74) is 0.580. The fraction of sp³-hybridized carbons (Fsp3) is 0.500. The molecule has 2 heterocycles. The van der Waals surface area contributed by atoms with E-state index in [-0.39, 0.29) is 0 Å². The molecule has 2 aromatic rings. The molecular weight excluding hydrogens is 196 g/mol. The average molecular weight is 208 g/mol. The van der Waals surface area contributed by atoms with Gasteiger partial charge in [0, 0.05) is 6.54 Å². The Morgan fingerprint density at radius 3 is 3.27 bits per heavy atom. The molecule has 0 fully saturated rings. The number of hydrogen-bond acceptors (Lipinski definition) is 6. The predicted molar refractivity (Wildman–Crippen MR) is 52.6 cm³/mol. The van der Waals surface area contributed by atoms with Gasteiger partial charge in [-0.1, -0.05) is 6.92 Å². The van der Waals surface area contributed by atoms with Crippen LogP contribution in [0, 0.1) is 0 Å². The summed E-state index contributed by atoms with van der Waals surface area (Å²) >= 11 is 0. The Balaban J connectivity index is 2.04. The molecule has 0 aliphatic carbocycles. The van der Waals surface area contributed by atoms with Crippen LogP contribution in [0.25, 0.3) is 5.65 Å². The number of nitrogens with zero attached hydrogens (tertiary/aromatic N) is 5. The Morgan fingerprint density at radius 1 is 1.47 bits per heavy atom. The van der Waals surface area contributed by atoms with Crippen molar-refractivity contribution < 1.29 is 4.74 Å². The van der Waals surface area contributed by atoms with Crippen LogP contribution in [0.4, 0.5) is 0 Å². The summed E-state index contributed by atoms with van der Waals surface area (Å²) in [4.78, 5) is 3.98. The van der Waals surface area contributed by atoms with Crippen molar-refractivity contribution in [1.82, 2.24) is 30.3 Å². The molecule has 0 saturated heterocycles. The topological polar surface area (TPSA) is 77.2 Å². The van der Waals surface area contributed by atoms with Crippen molar-refractivity contribution in [3.63, 3.8) is 0 Å². The molecule has 15 heavy (non-hydrogen) atoms. The number of aromatic nitrogens is 5. The SMILES string of the molecule is CCNCCOc1cncc2nnnn12. The highest BCUT2D eigenvalue weighted by atomic mass is 16.5. The van der Waals surface area contributed by atoms with Crippen LogP contribution in [0.1, 0.15) is 6.92 Å². The Labute approximate surface area is 86.5 Å². The van der Waals surface area contributed by atoms with E-state index in [9.17, 15) is 0 Å². The Morgan fingerprint density at radius 2 is 2.40 bits per heavy atom. The van der Waals surface area contributed by atoms with Gasteiger partial charge in [0.15, 0.2) is 0 Å². The second-order valence-electron chi connectivity index (χ2n) is 2.90. The number of nitrogens with one attached hydrogen (secondary N) is 1. The first-order valence-electron chi connectivity index (χ1n) is 4.77. The molecule has 0 spiro atoms. The Bertz CT molecular complexity index is 428. The van der Waals surface area contributed by atoms with Gasteiger partial charge in [0.1, 0.15) is 6.61 Å². The molecule has 0 aliphatic heterocycles. The summed E-state index contributed by atoms with van der Waals surface area (Å²) in [5, 5.41) is 14.2. The maximum absolute atomic E-state index is 5.48. The summed E-state index contributed by atoms with van der Waals surface area (Å²) in [7, 11) is 0. The van der Waals surface area contributed by atoms with E-state index in [0.29, 0.717) is 18.1 Å². The highest BCUT2D eigenvalue weighted by Gasteiger charge is 2.03. The molecule has 2 aromatic heterocycles. The third kappa shape index (κ3) is 2.18. The van der Waals surface area contributed by atoms with Crippen LogP contribution < -0.4 is 10.1 Å². The average Bonchev–Trinajstić information content (AvgIpc) is 2.73. The monoisotopic (exact) mass is 208 g/mol. The molecule has 2 rings (SSSR count). The molecule has 80 valence electrons. The first kappa shape index (κ1) is 9.78. The highest BCUT2D eigenvalue weighted by Crippen LogP contribution is 2.07. The summed E-state index contributed by atoms with van der Waals surface area (Å²) in [6.45, 7) is 4.32. The quantitative estimate of drug-likeness (QED) is 0.668. The second kappa shape index (κ2) is 4.65. The molecule has 1 N–H and O–H groups in total. The van der Waals surface area contributed by atoms with Gasteiger partial charge < -0.3 is 10.1 Å². The first-order chi connectivity index (χ1) is 7.42. The molecule has 0 radical (unpaired) electrons. The summed E-state index contributed by atoms with van der Waals surface area (Å²) < 4.78 is 6.99. The number of fused-ring (bicyclic) bond motifs is 1. The van der Waals surface area contributed by atoms with Gasteiger partial charge in [-0.3, -0.25) is 4.98 Å². The largest absolute Gasteiger partial charge is 0.475 e. The van der Waals surface area contributed by atoms with E-state index in [1.165, 1.54) is 4.52 Å². The van der Waals surface area contributed by atoms with Crippen molar-refractivity contribution >= 4 is 5.65 Å². The van der Waals surface area contributed by atoms with E-state index in [2.05, 4.69) is 25.8 Å². The third-order valence-corrected chi connectivity index (χ3v) is 1.86. The van der Waals surface area contributed by atoms with Crippen LogP contribution in [-0.2, 0) is 0 Å². The molecule has 7 heteroatoms. The summed E-state index contributed by atoms with van der Waals surface area (Å²) in [6, 6.07) is 0. The zero-order chi connectivity index (χ0) is 10.5. The van der Waals surface area contributed by atoms with Gasteiger partial charge in [-0.15, -0.1) is 5.10 Å².